The number of aromatic nitrogens is 3. The summed E-state index contributed by atoms with van der Waals surface area (Å²) in [6.45, 7) is 2.71. The van der Waals surface area contributed by atoms with Crippen LogP contribution >= 0.6 is 0 Å². The third kappa shape index (κ3) is 4.81. The lowest BCUT2D eigenvalue weighted by Gasteiger charge is -2.28. The van der Waals surface area contributed by atoms with Crippen LogP contribution in [0.5, 0.6) is 5.88 Å². The molecule has 3 aromatic rings. The monoisotopic (exact) mass is 436 g/mol. The minimum Gasteiger partial charge on any atom is -0.481 e. The maximum atomic E-state index is 12.8. The van der Waals surface area contributed by atoms with Crippen molar-refractivity contribution in [3.8, 4) is 17.1 Å². The lowest BCUT2D eigenvalue weighted by atomic mass is 9.99. The van der Waals surface area contributed by atoms with Crippen LogP contribution in [0.4, 0.5) is 0 Å². The normalized spacial score (nSPS) is 18.4. The number of rotatable bonds is 6. The lowest BCUT2D eigenvalue weighted by Crippen LogP contribution is -2.49. The first-order chi connectivity index (χ1) is 15.4. The van der Waals surface area contributed by atoms with Crippen LogP contribution in [0.1, 0.15) is 33.6 Å². The van der Waals surface area contributed by atoms with E-state index in [1.54, 1.807) is 17.9 Å². The van der Waals surface area contributed by atoms with Gasteiger partial charge in [0.15, 0.2) is 0 Å². The van der Waals surface area contributed by atoms with E-state index in [1.165, 1.54) is 0 Å². The minimum atomic E-state index is -0.628. The summed E-state index contributed by atoms with van der Waals surface area (Å²) in [6.07, 6.45) is 2.41. The highest BCUT2D eigenvalue weighted by Crippen LogP contribution is 2.25. The number of aryl methyl sites for hydroxylation is 1. The van der Waals surface area contributed by atoms with Crippen molar-refractivity contribution in [1.29, 1.82) is 0 Å². The van der Waals surface area contributed by atoms with Gasteiger partial charge in [0.25, 0.3) is 5.91 Å². The summed E-state index contributed by atoms with van der Waals surface area (Å²) in [6, 6.07) is 11.5. The van der Waals surface area contributed by atoms with Gasteiger partial charge >= 0.3 is 0 Å². The van der Waals surface area contributed by atoms with Gasteiger partial charge in [-0.05, 0) is 43.0 Å². The second kappa shape index (κ2) is 9.50. The van der Waals surface area contributed by atoms with Gasteiger partial charge in [-0.2, -0.15) is 5.10 Å². The third-order valence-corrected chi connectivity index (χ3v) is 5.76. The van der Waals surface area contributed by atoms with Gasteiger partial charge in [0.2, 0.25) is 5.88 Å². The molecule has 1 amide bonds. The summed E-state index contributed by atoms with van der Waals surface area (Å²) in [5.74, 6) is 0.0581. The van der Waals surface area contributed by atoms with Crippen molar-refractivity contribution in [2.75, 3.05) is 20.3 Å². The summed E-state index contributed by atoms with van der Waals surface area (Å²) in [7, 11) is 3.44. The molecule has 2 atom stereocenters. The Kier molecular flexibility index (Phi) is 6.53. The number of methoxy groups -OCH3 is 1. The third-order valence-electron chi connectivity index (χ3n) is 5.76. The van der Waals surface area contributed by atoms with Crippen LogP contribution in [0.2, 0.25) is 0 Å². The predicted molar refractivity (Wildman–Crippen MR) is 120 cm³/mol. The van der Waals surface area contributed by atoms with Gasteiger partial charge in [-0.15, -0.1) is 0 Å². The van der Waals surface area contributed by atoms with Crippen molar-refractivity contribution in [2.45, 2.75) is 31.9 Å². The van der Waals surface area contributed by atoms with E-state index in [2.05, 4.69) is 27.5 Å². The molecule has 2 aromatic heterocycles. The number of carbonyl (C=O) groups excluding carboxylic acids is 1. The molecule has 2 N–H and O–H groups in total. The smallest absolute Gasteiger partial charge is 0.270 e. The van der Waals surface area contributed by atoms with Crippen molar-refractivity contribution >= 4 is 5.91 Å². The Morgan fingerprint density at radius 3 is 2.75 bits per heavy atom. The largest absolute Gasteiger partial charge is 0.481 e. The van der Waals surface area contributed by atoms with Crippen LogP contribution in [-0.4, -0.2) is 58.2 Å². The molecule has 1 aliphatic heterocycles. The van der Waals surface area contributed by atoms with E-state index in [0.717, 1.165) is 27.9 Å². The van der Waals surface area contributed by atoms with Gasteiger partial charge in [0, 0.05) is 31.0 Å². The molecule has 1 fully saturated rings. The number of carbonyl (C=O) groups is 1. The highest BCUT2D eigenvalue weighted by molar-refractivity contribution is 5.93. The van der Waals surface area contributed by atoms with E-state index in [1.807, 2.05) is 38.4 Å². The van der Waals surface area contributed by atoms with E-state index in [-0.39, 0.29) is 18.2 Å². The molecule has 32 heavy (non-hydrogen) atoms. The summed E-state index contributed by atoms with van der Waals surface area (Å²) in [4.78, 5) is 17.2. The Bertz CT molecular complexity index is 1090. The zero-order valence-corrected chi connectivity index (χ0v) is 18.5. The maximum absolute atomic E-state index is 12.8. The van der Waals surface area contributed by atoms with Gasteiger partial charge in [-0.1, -0.05) is 24.3 Å². The fraction of sp³-hybridized carbons (Fsp3) is 0.375. The molecule has 0 radical (unpaired) electrons. The van der Waals surface area contributed by atoms with Crippen LogP contribution in [0, 0.1) is 6.92 Å². The average molecular weight is 437 g/mol. The van der Waals surface area contributed by atoms with E-state index >= 15 is 0 Å². The molecule has 8 nitrogen and oxygen atoms in total. The second-order valence-electron chi connectivity index (χ2n) is 8.06. The first-order valence-electron chi connectivity index (χ1n) is 10.6. The Labute approximate surface area is 187 Å². The molecule has 0 aliphatic carbocycles. The predicted octanol–water partition coefficient (Wildman–Crippen LogP) is 2.27. The molecule has 0 spiro atoms. The zero-order chi connectivity index (χ0) is 22.7. The SMILES string of the molecule is COc1nc(C(=O)N[C@H]2COCC[C@@H]2O)cc(Cc2ccc(-c3ccn(C)n3)cc2)c1C. The average Bonchev–Trinajstić information content (AvgIpc) is 3.23. The van der Waals surface area contributed by atoms with Crippen LogP contribution in [-0.2, 0) is 18.2 Å². The summed E-state index contributed by atoms with van der Waals surface area (Å²) < 4.78 is 12.6. The fourth-order valence-electron chi connectivity index (χ4n) is 3.82. The first kappa shape index (κ1) is 22.0. The Hall–Kier alpha value is -3.23. The molecule has 1 saturated heterocycles. The molecule has 4 rings (SSSR count). The molecule has 1 aromatic carbocycles. The van der Waals surface area contributed by atoms with Crippen molar-refractivity contribution in [3.63, 3.8) is 0 Å². The molecule has 0 saturated carbocycles. The van der Waals surface area contributed by atoms with Crippen molar-refractivity contribution in [1.82, 2.24) is 20.1 Å². The van der Waals surface area contributed by atoms with E-state index in [9.17, 15) is 9.90 Å². The number of aliphatic hydroxyl groups is 1. The van der Waals surface area contributed by atoms with Gasteiger partial charge < -0.3 is 19.9 Å². The Balaban J connectivity index is 1.54. The summed E-state index contributed by atoms with van der Waals surface area (Å²) in [5, 5.41) is 17.4. The lowest BCUT2D eigenvalue weighted by molar-refractivity contribution is -0.0140. The highest BCUT2D eigenvalue weighted by atomic mass is 16.5. The Morgan fingerprint density at radius 1 is 1.31 bits per heavy atom. The molecule has 1 aliphatic rings. The number of ether oxygens (including phenoxy) is 2. The minimum absolute atomic E-state index is 0.255. The van der Waals surface area contributed by atoms with E-state index in [4.69, 9.17) is 9.47 Å². The van der Waals surface area contributed by atoms with E-state index < -0.39 is 12.1 Å². The number of aliphatic hydroxyl groups excluding tert-OH is 1. The maximum Gasteiger partial charge on any atom is 0.270 e. The molecule has 0 bridgehead atoms. The van der Waals surface area contributed by atoms with Crippen molar-refractivity contribution in [2.24, 2.45) is 7.05 Å². The summed E-state index contributed by atoms with van der Waals surface area (Å²) >= 11 is 0. The van der Waals surface area contributed by atoms with Crippen LogP contribution in [0.25, 0.3) is 11.3 Å². The zero-order valence-electron chi connectivity index (χ0n) is 18.5. The van der Waals surface area contributed by atoms with Gasteiger partial charge in [-0.3, -0.25) is 9.48 Å². The molecule has 3 heterocycles. The topological polar surface area (TPSA) is 98.5 Å². The highest BCUT2D eigenvalue weighted by Gasteiger charge is 2.26. The number of hydrogen-bond donors (Lipinski definition) is 2. The number of amides is 1. The number of nitrogens with one attached hydrogen (secondary N) is 1. The van der Waals surface area contributed by atoms with Crippen LogP contribution in [0.3, 0.4) is 0 Å². The summed E-state index contributed by atoms with van der Waals surface area (Å²) in [5.41, 5.74) is 5.17. The van der Waals surface area contributed by atoms with Crippen molar-refractivity contribution < 1.29 is 19.4 Å². The number of hydrogen-bond acceptors (Lipinski definition) is 6. The molecular weight excluding hydrogens is 408 g/mol. The molecule has 0 unspecified atom stereocenters. The quantitative estimate of drug-likeness (QED) is 0.615. The number of benzene rings is 1. The van der Waals surface area contributed by atoms with Crippen LogP contribution in [0.15, 0.2) is 42.6 Å². The van der Waals surface area contributed by atoms with Crippen LogP contribution < -0.4 is 10.1 Å². The number of nitrogens with zero attached hydrogens (tertiary/aromatic N) is 3. The molecule has 8 heteroatoms. The Morgan fingerprint density at radius 2 is 2.09 bits per heavy atom. The first-order valence-corrected chi connectivity index (χ1v) is 10.6. The molecular formula is C24H28N4O4. The van der Waals surface area contributed by atoms with Crippen molar-refractivity contribution in [3.05, 3.63) is 65.0 Å². The van der Waals surface area contributed by atoms with Gasteiger partial charge in [0.05, 0.1) is 31.6 Å². The van der Waals surface area contributed by atoms with Gasteiger partial charge in [-0.25, -0.2) is 4.98 Å². The van der Waals surface area contributed by atoms with Gasteiger partial charge in [0.1, 0.15) is 5.69 Å². The standard InChI is InChI=1S/C24H28N4O4/c1-15-18(12-16-4-6-17(7-5-16)19-8-10-28(2)27-19)13-20(26-24(15)31-3)23(30)25-21-14-32-11-9-22(21)29/h4-8,10,13,21-22,29H,9,11-12,14H2,1-3H3,(H,25,30)/t21-,22-/m0/s1. The second-order valence-corrected chi connectivity index (χ2v) is 8.06. The number of pyridine rings is 1. The fourth-order valence-corrected chi connectivity index (χ4v) is 3.82. The van der Waals surface area contributed by atoms with E-state index in [0.29, 0.717) is 25.3 Å². The molecule has 168 valence electrons.